The first-order valence-electron chi connectivity index (χ1n) is 23.6. The first-order valence-corrected chi connectivity index (χ1v) is 23.6. The van der Waals surface area contributed by atoms with E-state index in [1.54, 1.807) is 0 Å². The van der Waals surface area contributed by atoms with Crippen LogP contribution in [0.25, 0.3) is 0 Å². The van der Waals surface area contributed by atoms with Gasteiger partial charge in [0.2, 0.25) is 0 Å². The molecule has 0 rings (SSSR count). The summed E-state index contributed by atoms with van der Waals surface area (Å²) in [6.07, 6.45) is 35.6. The van der Waals surface area contributed by atoms with Crippen LogP contribution in [0.4, 0.5) is 4.79 Å². The molecule has 0 aromatic heterocycles. The molecule has 0 saturated carbocycles. The Kier molecular flexibility index (Phi) is 40.4. The Bertz CT molecular complexity index is 835. The average Bonchev–Trinajstić information content (AvgIpc) is 3.16. The number of esters is 2. The highest BCUT2D eigenvalue weighted by Gasteiger charge is 2.18. The van der Waals surface area contributed by atoms with Crippen molar-refractivity contribution in [3.05, 3.63) is 0 Å². The number of hydrogen-bond donors (Lipinski definition) is 0. The fourth-order valence-corrected chi connectivity index (χ4v) is 7.19. The van der Waals surface area contributed by atoms with Crippen LogP contribution in [0.3, 0.4) is 0 Å². The zero-order valence-corrected chi connectivity index (χ0v) is 37.1. The van der Waals surface area contributed by atoms with Gasteiger partial charge in [-0.3, -0.25) is 9.59 Å². The number of unbranched alkanes of at least 4 members (excludes halogenated alkanes) is 21. The number of ether oxygens (including phenoxy) is 4. The molecule has 0 spiro atoms. The van der Waals surface area contributed by atoms with Gasteiger partial charge in [-0.2, -0.15) is 0 Å². The number of nitrogens with zero attached hydrogens (tertiary/aromatic N) is 1. The van der Waals surface area contributed by atoms with Gasteiger partial charge in [0.1, 0.15) is 6.10 Å². The molecule has 0 aliphatic heterocycles. The van der Waals surface area contributed by atoms with Crippen molar-refractivity contribution in [3.8, 4) is 0 Å². The predicted molar refractivity (Wildman–Crippen MR) is 230 cm³/mol. The highest BCUT2D eigenvalue weighted by atomic mass is 16.7. The number of hydrogen-bond acceptors (Lipinski definition) is 8. The SMILES string of the molecule is CCCCCCCCC(CCCCCCCC)CCC(=O)OCCC(CCCCCCCCCCOC(=O)CCCCCCC)OC(=O)OCCCN(C)C. The zero-order chi connectivity index (χ0) is 40.5. The number of carbonyl (C=O) groups is 3. The van der Waals surface area contributed by atoms with Crippen molar-refractivity contribution >= 4 is 18.1 Å². The highest BCUT2D eigenvalue weighted by Crippen LogP contribution is 2.24. The fraction of sp³-hybridized carbons (Fsp3) is 0.936. The van der Waals surface area contributed by atoms with Gasteiger partial charge < -0.3 is 23.8 Å². The largest absolute Gasteiger partial charge is 0.508 e. The van der Waals surface area contributed by atoms with E-state index in [0.29, 0.717) is 38.4 Å². The molecule has 0 aliphatic rings. The minimum atomic E-state index is -0.625. The van der Waals surface area contributed by atoms with Crippen molar-refractivity contribution in [1.29, 1.82) is 0 Å². The molecule has 0 fully saturated rings. The van der Waals surface area contributed by atoms with Crippen LogP contribution in [-0.4, -0.2) is 69.6 Å². The Morgan fingerprint density at radius 2 is 0.855 bits per heavy atom. The molecule has 55 heavy (non-hydrogen) atoms. The summed E-state index contributed by atoms with van der Waals surface area (Å²) >= 11 is 0. The van der Waals surface area contributed by atoms with Crippen molar-refractivity contribution in [1.82, 2.24) is 4.90 Å². The van der Waals surface area contributed by atoms with E-state index in [4.69, 9.17) is 18.9 Å². The van der Waals surface area contributed by atoms with Crippen molar-refractivity contribution < 1.29 is 33.3 Å². The van der Waals surface area contributed by atoms with Crippen LogP contribution < -0.4 is 0 Å². The third-order valence-corrected chi connectivity index (χ3v) is 10.8. The standard InChI is InChI=1S/C47H91NO7/c1-6-9-12-15-22-26-32-43(33-27-23-16-13-10-7-2)36-37-46(50)53-42-38-44(55-47(51)54-41-31-39-48(4)5)34-28-24-19-17-18-20-25-30-40-52-45(49)35-29-21-14-11-8-3/h43-44H,6-42H2,1-5H3. The number of rotatable bonds is 42. The van der Waals surface area contributed by atoms with Gasteiger partial charge in [-0.25, -0.2) is 4.79 Å². The lowest BCUT2D eigenvalue weighted by Crippen LogP contribution is -2.23. The second-order valence-electron chi connectivity index (χ2n) is 16.5. The van der Waals surface area contributed by atoms with Crippen LogP contribution in [0.5, 0.6) is 0 Å². The highest BCUT2D eigenvalue weighted by molar-refractivity contribution is 5.69. The molecule has 0 aliphatic carbocycles. The maximum atomic E-state index is 12.8. The molecule has 1 atom stereocenters. The van der Waals surface area contributed by atoms with Gasteiger partial charge in [0.05, 0.1) is 19.8 Å². The summed E-state index contributed by atoms with van der Waals surface area (Å²) in [5.41, 5.74) is 0. The van der Waals surface area contributed by atoms with Crippen LogP contribution in [0.2, 0.25) is 0 Å². The minimum Gasteiger partial charge on any atom is -0.466 e. The van der Waals surface area contributed by atoms with Gasteiger partial charge in [0.15, 0.2) is 0 Å². The maximum Gasteiger partial charge on any atom is 0.508 e. The monoisotopic (exact) mass is 782 g/mol. The molecule has 0 heterocycles. The van der Waals surface area contributed by atoms with Crippen LogP contribution in [0.15, 0.2) is 0 Å². The molecule has 0 saturated heterocycles. The molecule has 8 nitrogen and oxygen atoms in total. The van der Waals surface area contributed by atoms with E-state index in [1.165, 1.54) is 122 Å². The van der Waals surface area contributed by atoms with E-state index < -0.39 is 6.16 Å². The Morgan fingerprint density at radius 3 is 1.40 bits per heavy atom. The van der Waals surface area contributed by atoms with Gasteiger partial charge >= 0.3 is 18.1 Å². The van der Waals surface area contributed by atoms with Gasteiger partial charge in [-0.05, 0) is 58.5 Å². The lowest BCUT2D eigenvalue weighted by molar-refractivity contribution is -0.145. The molecule has 0 amide bonds. The molecular formula is C47H91NO7. The summed E-state index contributed by atoms with van der Waals surface area (Å²) in [7, 11) is 4.00. The van der Waals surface area contributed by atoms with Gasteiger partial charge in [0, 0.05) is 25.8 Å². The van der Waals surface area contributed by atoms with Crippen LogP contribution in [-0.2, 0) is 28.5 Å². The molecule has 326 valence electrons. The molecule has 0 radical (unpaired) electrons. The molecule has 0 N–H and O–H groups in total. The van der Waals surface area contributed by atoms with E-state index >= 15 is 0 Å². The quantitative estimate of drug-likeness (QED) is 0.0343. The van der Waals surface area contributed by atoms with Crippen LogP contribution >= 0.6 is 0 Å². The fourth-order valence-electron chi connectivity index (χ4n) is 7.19. The Morgan fingerprint density at radius 1 is 0.418 bits per heavy atom. The molecule has 0 aromatic rings. The molecule has 8 heteroatoms. The summed E-state index contributed by atoms with van der Waals surface area (Å²) in [6.45, 7) is 8.71. The molecular weight excluding hydrogens is 691 g/mol. The van der Waals surface area contributed by atoms with Gasteiger partial charge in [0.25, 0.3) is 0 Å². The van der Waals surface area contributed by atoms with Crippen molar-refractivity contribution in [2.75, 3.05) is 40.5 Å². The van der Waals surface area contributed by atoms with E-state index in [9.17, 15) is 14.4 Å². The summed E-state index contributed by atoms with van der Waals surface area (Å²) in [6, 6.07) is 0. The number of carbonyl (C=O) groups excluding carboxylic acids is 3. The Labute approximate surface area is 340 Å². The van der Waals surface area contributed by atoms with E-state index in [1.807, 2.05) is 14.1 Å². The Balaban J connectivity index is 4.51. The molecule has 0 aromatic carbocycles. The molecule has 1 unspecified atom stereocenters. The van der Waals surface area contributed by atoms with Gasteiger partial charge in [-0.1, -0.05) is 175 Å². The average molecular weight is 782 g/mol. The second kappa shape index (κ2) is 41.8. The first kappa shape index (κ1) is 53.2. The summed E-state index contributed by atoms with van der Waals surface area (Å²) in [5, 5.41) is 0. The Hall–Kier alpha value is -1.83. The lowest BCUT2D eigenvalue weighted by atomic mass is 9.90. The normalized spacial score (nSPS) is 12.0. The summed E-state index contributed by atoms with van der Waals surface area (Å²) in [4.78, 5) is 39.3. The minimum absolute atomic E-state index is 0.0455. The third kappa shape index (κ3) is 40.2. The predicted octanol–water partition coefficient (Wildman–Crippen LogP) is 13.7. The van der Waals surface area contributed by atoms with Gasteiger partial charge in [-0.15, -0.1) is 0 Å². The molecule has 0 bridgehead atoms. The summed E-state index contributed by atoms with van der Waals surface area (Å²) in [5.74, 6) is 0.426. The zero-order valence-electron chi connectivity index (χ0n) is 37.1. The first-order chi connectivity index (χ1) is 26.8. The summed E-state index contributed by atoms with van der Waals surface area (Å²) < 4.78 is 22.2. The van der Waals surface area contributed by atoms with Crippen LogP contribution in [0.1, 0.15) is 233 Å². The topological polar surface area (TPSA) is 91.4 Å². The third-order valence-electron chi connectivity index (χ3n) is 10.8. The van der Waals surface area contributed by atoms with Crippen molar-refractivity contribution in [2.24, 2.45) is 5.92 Å². The van der Waals surface area contributed by atoms with E-state index in [2.05, 4.69) is 25.7 Å². The van der Waals surface area contributed by atoms with E-state index in [-0.39, 0.29) is 24.6 Å². The van der Waals surface area contributed by atoms with Crippen molar-refractivity contribution in [3.63, 3.8) is 0 Å². The lowest BCUT2D eigenvalue weighted by Gasteiger charge is -2.19. The maximum absolute atomic E-state index is 12.8. The van der Waals surface area contributed by atoms with E-state index in [0.717, 1.165) is 77.2 Å². The second-order valence-corrected chi connectivity index (χ2v) is 16.5. The van der Waals surface area contributed by atoms with Crippen molar-refractivity contribution in [2.45, 2.75) is 239 Å². The van der Waals surface area contributed by atoms with Crippen LogP contribution in [0, 0.1) is 5.92 Å². The smallest absolute Gasteiger partial charge is 0.466 e.